The average Bonchev–Trinajstić information content (AvgIpc) is 2.94. The van der Waals surface area contributed by atoms with Crippen LogP contribution in [-0.2, 0) is 12.7 Å². The SMILES string of the molecule is Cc1c(CNc2nc(NCCO)sc2C(N)=O)cccc1C(F)(F)F. The minimum Gasteiger partial charge on any atom is -0.395 e. The van der Waals surface area contributed by atoms with Gasteiger partial charge in [0.05, 0.1) is 12.2 Å². The van der Waals surface area contributed by atoms with E-state index in [9.17, 15) is 18.0 Å². The lowest BCUT2D eigenvalue weighted by Crippen LogP contribution is -2.14. The number of anilines is 2. The van der Waals surface area contributed by atoms with Crippen LogP contribution in [0.2, 0.25) is 0 Å². The Kier molecular flexibility index (Phi) is 5.85. The largest absolute Gasteiger partial charge is 0.416 e. The second-order valence-electron chi connectivity index (χ2n) is 5.15. The van der Waals surface area contributed by atoms with Gasteiger partial charge in [-0.1, -0.05) is 23.5 Å². The highest BCUT2D eigenvalue weighted by molar-refractivity contribution is 7.18. The number of carbonyl (C=O) groups excluding carboxylic acids is 1. The molecule has 0 aliphatic rings. The summed E-state index contributed by atoms with van der Waals surface area (Å²) < 4.78 is 38.9. The van der Waals surface area contributed by atoms with Crippen LogP contribution >= 0.6 is 11.3 Å². The molecule has 10 heteroatoms. The van der Waals surface area contributed by atoms with E-state index < -0.39 is 17.6 Å². The number of benzene rings is 1. The third-order valence-electron chi connectivity index (χ3n) is 3.44. The maximum Gasteiger partial charge on any atom is 0.416 e. The van der Waals surface area contributed by atoms with Crippen molar-refractivity contribution in [2.75, 3.05) is 23.8 Å². The van der Waals surface area contributed by atoms with Gasteiger partial charge in [0.25, 0.3) is 5.91 Å². The predicted molar refractivity (Wildman–Crippen MR) is 89.7 cm³/mol. The monoisotopic (exact) mass is 374 g/mol. The maximum atomic E-state index is 13.0. The molecule has 0 saturated heterocycles. The number of rotatable bonds is 7. The van der Waals surface area contributed by atoms with Crippen molar-refractivity contribution in [1.82, 2.24) is 4.98 Å². The number of halogens is 3. The highest BCUT2D eigenvalue weighted by Crippen LogP contribution is 2.33. The number of amides is 1. The van der Waals surface area contributed by atoms with Gasteiger partial charge in [-0.3, -0.25) is 4.79 Å². The quantitative estimate of drug-likeness (QED) is 0.597. The topological polar surface area (TPSA) is 100 Å². The van der Waals surface area contributed by atoms with Crippen molar-refractivity contribution in [3.63, 3.8) is 0 Å². The van der Waals surface area contributed by atoms with Crippen LogP contribution in [0.4, 0.5) is 24.1 Å². The van der Waals surface area contributed by atoms with E-state index in [-0.39, 0.29) is 36.0 Å². The third kappa shape index (κ3) is 4.60. The van der Waals surface area contributed by atoms with Crippen LogP contribution in [0.3, 0.4) is 0 Å². The van der Waals surface area contributed by atoms with E-state index >= 15 is 0 Å². The van der Waals surface area contributed by atoms with Gasteiger partial charge in [0.15, 0.2) is 10.9 Å². The van der Waals surface area contributed by atoms with Crippen LogP contribution in [0.25, 0.3) is 0 Å². The molecule has 1 amide bonds. The van der Waals surface area contributed by atoms with E-state index in [1.807, 2.05) is 0 Å². The van der Waals surface area contributed by atoms with E-state index in [4.69, 9.17) is 10.8 Å². The van der Waals surface area contributed by atoms with Gasteiger partial charge in [0.2, 0.25) is 0 Å². The van der Waals surface area contributed by atoms with Crippen molar-refractivity contribution in [1.29, 1.82) is 0 Å². The molecule has 1 heterocycles. The van der Waals surface area contributed by atoms with Gasteiger partial charge in [0, 0.05) is 13.1 Å². The Balaban J connectivity index is 2.21. The van der Waals surface area contributed by atoms with E-state index in [1.54, 1.807) is 6.07 Å². The van der Waals surface area contributed by atoms with Gasteiger partial charge < -0.3 is 21.5 Å². The Hall–Kier alpha value is -2.33. The molecule has 2 aromatic rings. The van der Waals surface area contributed by atoms with Crippen molar-refractivity contribution >= 4 is 28.2 Å². The number of primary amides is 1. The second-order valence-corrected chi connectivity index (χ2v) is 6.15. The Morgan fingerprint density at radius 3 is 2.68 bits per heavy atom. The Morgan fingerprint density at radius 2 is 2.08 bits per heavy atom. The summed E-state index contributed by atoms with van der Waals surface area (Å²) in [5.41, 5.74) is 5.14. The summed E-state index contributed by atoms with van der Waals surface area (Å²) in [6.07, 6.45) is -4.43. The number of aromatic nitrogens is 1. The zero-order valence-electron chi connectivity index (χ0n) is 13.3. The first-order valence-corrected chi connectivity index (χ1v) is 8.10. The fraction of sp³-hybridized carbons (Fsp3) is 0.333. The minimum absolute atomic E-state index is 0.0548. The van der Waals surface area contributed by atoms with Gasteiger partial charge in [-0.15, -0.1) is 0 Å². The number of aliphatic hydroxyl groups excluding tert-OH is 1. The molecule has 25 heavy (non-hydrogen) atoms. The standard InChI is InChI=1S/C15H17F3N4O2S/c1-8-9(3-2-4-10(8)15(16,17)18)7-21-13-11(12(19)24)25-14(22-13)20-5-6-23/h2-4,21,23H,5-7H2,1H3,(H2,19,24)(H,20,22). The molecular formula is C15H17F3N4O2S. The van der Waals surface area contributed by atoms with Crippen molar-refractivity contribution in [3.8, 4) is 0 Å². The minimum atomic E-state index is -4.43. The first-order valence-electron chi connectivity index (χ1n) is 7.29. The molecule has 0 fully saturated rings. The van der Waals surface area contributed by atoms with Crippen LogP contribution in [0.5, 0.6) is 0 Å². The van der Waals surface area contributed by atoms with Crippen LogP contribution in [0.1, 0.15) is 26.4 Å². The number of nitrogens with two attached hydrogens (primary N) is 1. The van der Waals surface area contributed by atoms with E-state index in [0.717, 1.165) is 17.4 Å². The lowest BCUT2D eigenvalue weighted by molar-refractivity contribution is -0.138. The molecule has 2 rings (SSSR count). The molecule has 1 aromatic carbocycles. The molecule has 0 atom stereocenters. The maximum absolute atomic E-state index is 13.0. The molecule has 0 unspecified atom stereocenters. The number of hydrogen-bond donors (Lipinski definition) is 4. The summed E-state index contributed by atoms with van der Waals surface area (Å²) >= 11 is 1.00. The lowest BCUT2D eigenvalue weighted by atomic mass is 10.0. The van der Waals surface area contributed by atoms with Crippen molar-refractivity contribution in [2.24, 2.45) is 5.73 Å². The van der Waals surface area contributed by atoms with Crippen LogP contribution in [0, 0.1) is 6.92 Å². The zero-order chi connectivity index (χ0) is 18.6. The first-order chi connectivity index (χ1) is 11.7. The number of alkyl halides is 3. The molecule has 0 radical (unpaired) electrons. The van der Waals surface area contributed by atoms with Crippen LogP contribution < -0.4 is 16.4 Å². The highest BCUT2D eigenvalue weighted by Gasteiger charge is 2.32. The molecular weight excluding hydrogens is 357 g/mol. The molecule has 5 N–H and O–H groups in total. The number of carbonyl (C=O) groups is 1. The Labute approximate surface area is 145 Å². The number of aliphatic hydroxyl groups is 1. The van der Waals surface area contributed by atoms with Crippen molar-refractivity contribution in [3.05, 3.63) is 39.8 Å². The highest BCUT2D eigenvalue weighted by atomic mass is 32.1. The summed E-state index contributed by atoms with van der Waals surface area (Å²) in [6, 6.07) is 3.92. The molecule has 0 aliphatic heterocycles. The molecule has 1 aromatic heterocycles. The smallest absolute Gasteiger partial charge is 0.395 e. The number of nitrogens with one attached hydrogen (secondary N) is 2. The molecule has 0 aliphatic carbocycles. The predicted octanol–water partition coefficient (Wildman–Crippen LogP) is 2.59. The van der Waals surface area contributed by atoms with Gasteiger partial charge in [-0.25, -0.2) is 4.98 Å². The summed E-state index contributed by atoms with van der Waals surface area (Å²) in [6.45, 7) is 1.58. The van der Waals surface area contributed by atoms with Gasteiger partial charge >= 0.3 is 6.18 Å². The fourth-order valence-electron chi connectivity index (χ4n) is 2.21. The Bertz CT molecular complexity index is 762. The summed E-state index contributed by atoms with van der Waals surface area (Å²) in [5, 5.41) is 14.8. The zero-order valence-corrected chi connectivity index (χ0v) is 14.1. The normalized spacial score (nSPS) is 11.4. The van der Waals surface area contributed by atoms with E-state index in [1.165, 1.54) is 13.0 Å². The summed E-state index contributed by atoms with van der Waals surface area (Å²) in [4.78, 5) is 15.8. The van der Waals surface area contributed by atoms with Crippen molar-refractivity contribution in [2.45, 2.75) is 19.6 Å². The van der Waals surface area contributed by atoms with Crippen LogP contribution in [-0.4, -0.2) is 29.1 Å². The molecule has 136 valence electrons. The second kappa shape index (κ2) is 7.70. The van der Waals surface area contributed by atoms with E-state index in [0.29, 0.717) is 10.7 Å². The van der Waals surface area contributed by atoms with Gasteiger partial charge in [0.1, 0.15) is 4.88 Å². The summed E-state index contributed by atoms with van der Waals surface area (Å²) in [5.74, 6) is -0.507. The van der Waals surface area contributed by atoms with Gasteiger partial charge in [-0.2, -0.15) is 13.2 Å². The number of nitrogens with zero attached hydrogens (tertiary/aromatic N) is 1. The number of thiazole rings is 1. The average molecular weight is 374 g/mol. The summed E-state index contributed by atoms with van der Waals surface area (Å²) in [7, 11) is 0. The Morgan fingerprint density at radius 1 is 1.36 bits per heavy atom. The fourth-order valence-corrected chi connectivity index (χ4v) is 3.03. The molecule has 0 saturated carbocycles. The van der Waals surface area contributed by atoms with Crippen LogP contribution in [0.15, 0.2) is 18.2 Å². The first kappa shape index (κ1) is 19.0. The van der Waals surface area contributed by atoms with Gasteiger partial charge in [-0.05, 0) is 24.1 Å². The molecule has 6 nitrogen and oxygen atoms in total. The van der Waals surface area contributed by atoms with E-state index in [2.05, 4.69) is 15.6 Å². The number of hydrogen-bond acceptors (Lipinski definition) is 6. The van der Waals surface area contributed by atoms with Crippen molar-refractivity contribution < 1.29 is 23.1 Å². The lowest BCUT2D eigenvalue weighted by Gasteiger charge is -2.14. The molecule has 0 spiro atoms. The third-order valence-corrected chi connectivity index (χ3v) is 4.46. The molecule has 0 bridgehead atoms.